The number of methoxy groups -OCH3 is 2. The van der Waals surface area contributed by atoms with Crippen LogP contribution in [0.25, 0.3) is 0 Å². The predicted molar refractivity (Wildman–Crippen MR) is 105 cm³/mol. The number of ether oxygens (including phenoxy) is 7. The minimum Gasteiger partial charge on any atom is -0.486 e. The molecule has 3 aliphatic rings. The number of benzene rings is 1. The first-order valence-corrected chi connectivity index (χ1v) is 9.88. The van der Waals surface area contributed by atoms with Crippen molar-refractivity contribution in [3.05, 3.63) is 18.2 Å². The van der Waals surface area contributed by atoms with Crippen LogP contribution >= 0.6 is 0 Å². The van der Waals surface area contributed by atoms with Crippen molar-refractivity contribution in [2.75, 3.05) is 45.4 Å². The summed E-state index contributed by atoms with van der Waals surface area (Å²) >= 11 is 0. The van der Waals surface area contributed by atoms with Gasteiger partial charge in [0.1, 0.15) is 25.4 Å². The Balaban J connectivity index is 1.56. The summed E-state index contributed by atoms with van der Waals surface area (Å²) in [6.07, 6.45) is -2.31. The van der Waals surface area contributed by atoms with Crippen LogP contribution in [0.1, 0.15) is 13.8 Å². The number of amides is 1. The standard InChI is InChI=1S/C20H28N2O8/c1-19(24-3)20(2,25-4)30-17(15(10-21)29-19)16-11-22(18(23)28-16)12-5-6-13-14(9-12)27-8-7-26-13/h5-6,9,15-17H,7-8,10-11,21H2,1-4H3/t15-,16+,17+,19+,20+/m0/s1. The minimum absolute atomic E-state index is 0.154. The molecule has 166 valence electrons. The number of fused-ring (bicyclic) bond motifs is 1. The normalized spacial score (nSPS) is 36.0. The van der Waals surface area contributed by atoms with Gasteiger partial charge in [0.15, 0.2) is 17.6 Å². The Hall–Kier alpha value is -2.11. The van der Waals surface area contributed by atoms with E-state index < -0.39 is 36.0 Å². The van der Waals surface area contributed by atoms with Crippen LogP contribution in [0.5, 0.6) is 11.5 Å². The van der Waals surface area contributed by atoms with Gasteiger partial charge in [-0.25, -0.2) is 4.79 Å². The van der Waals surface area contributed by atoms with Gasteiger partial charge in [-0.15, -0.1) is 0 Å². The molecule has 3 heterocycles. The Morgan fingerprint density at radius 3 is 2.43 bits per heavy atom. The smallest absolute Gasteiger partial charge is 0.414 e. The molecule has 1 aromatic rings. The van der Waals surface area contributed by atoms with Crippen molar-refractivity contribution in [3.63, 3.8) is 0 Å². The van der Waals surface area contributed by atoms with Gasteiger partial charge in [0.2, 0.25) is 11.6 Å². The summed E-state index contributed by atoms with van der Waals surface area (Å²) in [5.74, 6) is -1.17. The fraction of sp³-hybridized carbons (Fsp3) is 0.650. The van der Waals surface area contributed by atoms with Gasteiger partial charge in [0, 0.05) is 26.8 Å². The van der Waals surface area contributed by atoms with E-state index in [1.807, 2.05) is 0 Å². The molecule has 0 bridgehead atoms. The Morgan fingerprint density at radius 1 is 1.10 bits per heavy atom. The van der Waals surface area contributed by atoms with E-state index in [4.69, 9.17) is 38.9 Å². The lowest BCUT2D eigenvalue weighted by Gasteiger charge is -2.52. The summed E-state index contributed by atoms with van der Waals surface area (Å²) in [6, 6.07) is 5.33. The van der Waals surface area contributed by atoms with E-state index in [-0.39, 0.29) is 13.1 Å². The first kappa shape index (κ1) is 21.1. The van der Waals surface area contributed by atoms with E-state index in [2.05, 4.69) is 0 Å². The Morgan fingerprint density at radius 2 is 1.77 bits per heavy atom. The van der Waals surface area contributed by atoms with Crippen LogP contribution in [-0.4, -0.2) is 76.5 Å². The fourth-order valence-electron chi connectivity index (χ4n) is 3.94. The van der Waals surface area contributed by atoms with Gasteiger partial charge in [-0.2, -0.15) is 0 Å². The molecule has 0 saturated carbocycles. The number of carbonyl (C=O) groups excluding carboxylic acids is 1. The van der Waals surface area contributed by atoms with Crippen molar-refractivity contribution in [2.45, 2.75) is 43.7 Å². The van der Waals surface area contributed by atoms with Crippen LogP contribution in [0.3, 0.4) is 0 Å². The number of nitrogens with two attached hydrogens (primary N) is 1. The van der Waals surface area contributed by atoms with Crippen molar-refractivity contribution in [1.29, 1.82) is 0 Å². The van der Waals surface area contributed by atoms with Crippen LogP contribution in [0.15, 0.2) is 18.2 Å². The molecule has 0 aliphatic carbocycles. The summed E-state index contributed by atoms with van der Waals surface area (Å²) in [5.41, 5.74) is 6.58. The average Bonchev–Trinajstić information content (AvgIpc) is 3.16. The highest BCUT2D eigenvalue weighted by atomic mass is 16.8. The van der Waals surface area contributed by atoms with Crippen LogP contribution in [-0.2, 0) is 23.7 Å². The van der Waals surface area contributed by atoms with E-state index in [1.54, 1.807) is 32.0 Å². The Labute approximate surface area is 175 Å². The zero-order chi connectivity index (χ0) is 21.5. The molecule has 0 unspecified atom stereocenters. The molecule has 4 rings (SSSR count). The number of rotatable bonds is 5. The van der Waals surface area contributed by atoms with Crippen LogP contribution < -0.4 is 20.1 Å². The number of carbonyl (C=O) groups is 1. The second-order valence-electron chi connectivity index (χ2n) is 7.63. The summed E-state index contributed by atoms with van der Waals surface area (Å²) < 4.78 is 40.2. The summed E-state index contributed by atoms with van der Waals surface area (Å²) in [6.45, 7) is 4.80. The molecule has 2 saturated heterocycles. The summed E-state index contributed by atoms with van der Waals surface area (Å²) in [4.78, 5) is 14.2. The molecule has 5 atom stereocenters. The largest absolute Gasteiger partial charge is 0.486 e. The molecule has 0 radical (unpaired) electrons. The van der Waals surface area contributed by atoms with Crippen molar-refractivity contribution >= 4 is 11.8 Å². The van der Waals surface area contributed by atoms with Gasteiger partial charge in [0.05, 0.1) is 12.2 Å². The van der Waals surface area contributed by atoms with Crippen molar-refractivity contribution in [2.24, 2.45) is 5.73 Å². The van der Waals surface area contributed by atoms with Gasteiger partial charge >= 0.3 is 6.09 Å². The fourth-order valence-corrected chi connectivity index (χ4v) is 3.94. The third-order valence-corrected chi connectivity index (χ3v) is 5.98. The van der Waals surface area contributed by atoms with Crippen LogP contribution in [0.4, 0.5) is 10.5 Å². The third-order valence-electron chi connectivity index (χ3n) is 5.98. The number of cyclic esters (lactones) is 1. The first-order valence-electron chi connectivity index (χ1n) is 9.88. The van der Waals surface area contributed by atoms with Crippen molar-refractivity contribution < 1.29 is 38.0 Å². The van der Waals surface area contributed by atoms with Gasteiger partial charge in [-0.05, 0) is 26.0 Å². The SMILES string of the molecule is CO[C@]1(C)O[C@@H]([C@H]2CN(c3ccc4c(c3)OCCO4)C(=O)O2)[C@H](CN)O[C@@]1(C)OC. The molecule has 10 nitrogen and oxygen atoms in total. The molecule has 0 aromatic heterocycles. The second-order valence-corrected chi connectivity index (χ2v) is 7.63. The molecular formula is C20H28N2O8. The van der Waals surface area contributed by atoms with E-state index in [1.165, 1.54) is 19.1 Å². The topological polar surface area (TPSA) is 111 Å². The van der Waals surface area contributed by atoms with Crippen molar-refractivity contribution in [3.8, 4) is 11.5 Å². The lowest BCUT2D eigenvalue weighted by Crippen LogP contribution is -2.68. The molecule has 1 amide bonds. The van der Waals surface area contributed by atoms with Crippen LogP contribution in [0.2, 0.25) is 0 Å². The minimum atomic E-state index is -1.23. The van der Waals surface area contributed by atoms with E-state index >= 15 is 0 Å². The van der Waals surface area contributed by atoms with Crippen molar-refractivity contribution in [1.82, 2.24) is 0 Å². The summed E-state index contributed by atoms with van der Waals surface area (Å²) in [7, 11) is 3.01. The quantitative estimate of drug-likeness (QED) is 0.746. The maximum absolute atomic E-state index is 12.7. The lowest BCUT2D eigenvalue weighted by molar-refractivity contribution is -0.451. The first-order chi connectivity index (χ1) is 14.3. The molecule has 0 spiro atoms. The van der Waals surface area contributed by atoms with Gasteiger partial charge < -0.3 is 38.9 Å². The maximum Gasteiger partial charge on any atom is 0.414 e. The second kappa shape index (κ2) is 7.86. The number of anilines is 1. The Kier molecular flexibility index (Phi) is 5.54. The van der Waals surface area contributed by atoms with Crippen LogP contribution in [0, 0.1) is 0 Å². The zero-order valence-electron chi connectivity index (χ0n) is 17.6. The van der Waals surface area contributed by atoms with E-state index in [0.29, 0.717) is 30.4 Å². The van der Waals surface area contributed by atoms with Gasteiger partial charge in [0.25, 0.3) is 0 Å². The lowest BCUT2D eigenvalue weighted by atomic mass is 10.00. The molecule has 10 heteroatoms. The zero-order valence-corrected chi connectivity index (χ0v) is 17.6. The predicted octanol–water partition coefficient (Wildman–Crippen LogP) is 1.25. The van der Waals surface area contributed by atoms with Gasteiger partial charge in [-0.1, -0.05) is 0 Å². The monoisotopic (exact) mass is 424 g/mol. The molecule has 3 aliphatic heterocycles. The molecular weight excluding hydrogens is 396 g/mol. The highest BCUT2D eigenvalue weighted by Crippen LogP contribution is 2.42. The van der Waals surface area contributed by atoms with E-state index in [0.717, 1.165) is 0 Å². The molecule has 2 fully saturated rings. The number of hydrogen-bond donors (Lipinski definition) is 1. The maximum atomic E-state index is 12.7. The highest BCUT2D eigenvalue weighted by Gasteiger charge is 2.59. The molecule has 1 aromatic carbocycles. The highest BCUT2D eigenvalue weighted by molar-refractivity contribution is 5.90. The van der Waals surface area contributed by atoms with E-state index in [9.17, 15) is 4.79 Å². The molecule has 30 heavy (non-hydrogen) atoms. The summed E-state index contributed by atoms with van der Waals surface area (Å²) in [5, 5.41) is 0. The molecule has 2 N–H and O–H groups in total. The Bertz CT molecular complexity index is 807. The van der Waals surface area contributed by atoms with Gasteiger partial charge in [-0.3, -0.25) is 4.90 Å². The third kappa shape index (κ3) is 3.38. The number of hydrogen-bond acceptors (Lipinski definition) is 9. The number of nitrogens with zero attached hydrogens (tertiary/aromatic N) is 1. The average molecular weight is 424 g/mol.